The first-order valence-corrected chi connectivity index (χ1v) is 12.3. The van der Waals surface area contributed by atoms with E-state index in [4.69, 9.17) is 4.74 Å². The molecule has 0 aliphatic heterocycles. The number of nitrogens with zero attached hydrogens (tertiary/aromatic N) is 3. The molecule has 9 nitrogen and oxygen atoms in total. The summed E-state index contributed by atoms with van der Waals surface area (Å²) in [6, 6.07) is 14.3. The Kier molecular flexibility index (Phi) is 6.40. The second-order valence-corrected chi connectivity index (χ2v) is 10.8. The molecule has 0 spiro atoms. The van der Waals surface area contributed by atoms with Crippen LogP contribution in [0.1, 0.15) is 26.3 Å². The number of nitrogens with one attached hydrogen (secondary N) is 1. The average molecular weight is 493 g/mol. The lowest BCUT2D eigenvalue weighted by molar-refractivity contribution is 0.0636. The minimum atomic E-state index is -3.77. The van der Waals surface area contributed by atoms with E-state index in [1.807, 2.05) is 6.07 Å². The maximum atomic E-state index is 13.0. The average Bonchev–Trinajstić information content (AvgIpc) is 2.80. The molecule has 2 aromatic heterocycles. The van der Waals surface area contributed by atoms with Crippen molar-refractivity contribution in [2.75, 3.05) is 5.32 Å². The van der Waals surface area contributed by atoms with Crippen molar-refractivity contribution in [3.63, 3.8) is 0 Å². The van der Waals surface area contributed by atoms with Gasteiger partial charge in [0, 0.05) is 23.5 Å². The van der Waals surface area contributed by atoms with E-state index in [-0.39, 0.29) is 21.9 Å². The third kappa shape index (κ3) is 5.55. The standard InChI is InChI=1S/C25H24N4O5S/c1-25(2,3)34-24(31)28-19-7-4-6-17(12-19)16-29-23(30)22-10-9-20(13-18(22)14-27-29)35(32,33)21-8-5-11-26-15-21/h4-15H,16H2,1-3H3,(H,28,31). The van der Waals surface area contributed by atoms with E-state index in [1.54, 1.807) is 45.0 Å². The van der Waals surface area contributed by atoms with Crippen LogP contribution in [0.5, 0.6) is 0 Å². The topological polar surface area (TPSA) is 120 Å². The van der Waals surface area contributed by atoms with Crippen molar-refractivity contribution in [1.82, 2.24) is 14.8 Å². The van der Waals surface area contributed by atoms with Gasteiger partial charge in [-0.2, -0.15) is 5.10 Å². The number of fused-ring (bicyclic) bond motifs is 1. The lowest BCUT2D eigenvalue weighted by Crippen LogP contribution is -2.27. The molecule has 4 aromatic rings. The van der Waals surface area contributed by atoms with Crippen LogP contribution in [0.3, 0.4) is 0 Å². The highest BCUT2D eigenvalue weighted by Crippen LogP contribution is 2.23. The Labute approximate surface area is 202 Å². The number of aromatic nitrogens is 3. The number of hydrogen-bond acceptors (Lipinski definition) is 7. The molecule has 1 N–H and O–H groups in total. The van der Waals surface area contributed by atoms with Crippen molar-refractivity contribution in [2.24, 2.45) is 0 Å². The van der Waals surface area contributed by atoms with Crippen molar-refractivity contribution < 1.29 is 17.9 Å². The van der Waals surface area contributed by atoms with Gasteiger partial charge in [0.1, 0.15) is 5.60 Å². The van der Waals surface area contributed by atoms with Crippen molar-refractivity contribution in [3.05, 3.63) is 89.1 Å². The number of benzene rings is 2. The molecule has 4 rings (SSSR count). The maximum Gasteiger partial charge on any atom is 0.412 e. The minimum Gasteiger partial charge on any atom is -0.444 e. The highest BCUT2D eigenvalue weighted by atomic mass is 32.2. The van der Waals surface area contributed by atoms with Crippen LogP contribution in [0.25, 0.3) is 10.8 Å². The Morgan fingerprint density at radius 2 is 1.83 bits per heavy atom. The highest BCUT2D eigenvalue weighted by Gasteiger charge is 2.19. The molecule has 1 amide bonds. The summed E-state index contributed by atoms with van der Waals surface area (Å²) in [5, 5.41) is 7.65. The van der Waals surface area contributed by atoms with Gasteiger partial charge < -0.3 is 4.74 Å². The molecule has 0 aliphatic rings. The fourth-order valence-electron chi connectivity index (χ4n) is 3.43. The maximum absolute atomic E-state index is 13.0. The van der Waals surface area contributed by atoms with Crippen LogP contribution in [0.15, 0.2) is 87.8 Å². The number of sulfone groups is 1. The van der Waals surface area contributed by atoms with Gasteiger partial charge in [-0.1, -0.05) is 12.1 Å². The number of rotatable bonds is 5. The lowest BCUT2D eigenvalue weighted by atomic mass is 10.2. The van der Waals surface area contributed by atoms with Crippen molar-refractivity contribution >= 4 is 32.4 Å². The normalized spacial score (nSPS) is 11.9. The molecule has 35 heavy (non-hydrogen) atoms. The zero-order valence-electron chi connectivity index (χ0n) is 19.4. The number of carbonyl (C=O) groups is 1. The largest absolute Gasteiger partial charge is 0.444 e. The van der Waals surface area contributed by atoms with Crippen molar-refractivity contribution in [2.45, 2.75) is 42.7 Å². The summed E-state index contributed by atoms with van der Waals surface area (Å²) in [6.07, 6.45) is 3.66. The molecule has 0 bridgehead atoms. The smallest absolute Gasteiger partial charge is 0.412 e. The van der Waals surface area contributed by atoms with E-state index >= 15 is 0 Å². The molecular weight excluding hydrogens is 468 g/mol. The Morgan fingerprint density at radius 3 is 2.54 bits per heavy atom. The predicted octanol–water partition coefficient (Wildman–Crippen LogP) is 4.02. The second kappa shape index (κ2) is 9.30. The summed E-state index contributed by atoms with van der Waals surface area (Å²) in [7, 11) is -3.77. The van der Waals surface area contributed by atoms with Gasteiger partial charge in [0.05, 0.1) is 27.9 Å². The van der Waals surface area contributed by atoms with Crippen LogP contribution in [0.4, 0.5) is 10.5 Å². The van der Waals surface area contributed by atoms with E-state index in [1.165, 1.54) is 47.5 Å². The molecule has 0 saturated carbocycles. The molecule has 0 fully saturated rings. The second-order valence-electron chi connectivity index (χ2n) is 8.88. The Hall–Kier alpha value is -4.05. The van der Waals surface area contributed by atoms with Crippen LogP contribution >= 0.6 is 0 Å². The van der Waals surface area contributed by atoms with Gasteiger partial charge in [0.2, 0.25) is 9.84 Å². The summed E-state index contributed by atoms with van der Waals surface area (Å²) in [5.41, 5.74) is 0.277. The molecule has 0 radical (unpaired) electrons. The molecule has 2 heterocycles. The fourth-order valence-corrected chi connectivity index (χ4v) is 4.69. The summed E-state index contributed by atoms with van der Waals surface area (Å²) in [6.45, 7) is 5.49. The number of amides is 1. The first-order chi connectivity index (χ1) is 16.5. The molecule has 2 aromatic carbocycles. The van der Waals surface area contributed by atoms with Crippen LogP contribution in [0, 0.1) is 0 Å². The van der Waals surface area contributed by atoms with Gasteiger partial charge in [-0.3, -0.25) is 15.1 Å². The van der Waals surface area contributed by atoms with Crippen LogP contribution in [0.2, 0.25) is 0 Å². The zero-order chi connectivity index (χ0) is 25.2. The van der Waals surface area contributed by atoms with E-state index < -0.39 is 21.5 Å². The fraction of sp³-hybridized carbons (Fsp3) is 0.200. The molecule has 0 saturated heterocycles. The summed E-state index contributed by atoms with van der Waals surface area (Å²) in [4.78, 5) is 29.1. The third-order valence-electron chi connectivity index (χ3n) is 4.98. The summed E-state index contributed by atoms with van der Waals surface area (Å²) >= 11 is 0. The molecule has 180 valence electrons. The molecular formula is C25H24N4O5S. The summed E-state index contributed by atoms with van der Waals surface area (Å²) in [5.74, 6) is 0. The van der Waals surface area contributed by atoms with E-state index in [0.29, 0.717) is 16.5 Å². The van der Waals surface area contributed by atoms with E-state index in [2.05, 4.69) is 15.4 Å². The first kappa shape index (κ1) is 24.1. The number of carbonyl (C=O) groups excluding carboxylic acids is 1. The van der Waals surface area contributed by atoms with Gasteiger partial charge in [0.15, 0.2) is 0 Å². The van der Waals surface area contributed by atoms with Gasteiger partial charge >= 0.3 is 6.09 Å². The van der Waals surface area contributed by atoms with E-state index in [9.17, 15) is 18.0 Å². The van der Waals surface area contributed by atoms with Gasteiger partial charge in [-0.25, -0.2) is 17.9 Å². The highest BCUT2D eigenvalue weighted by molar-refractivity contribution is 7.91. The molecule has 0 unspecified atom stereocenters. The number of hydrogen-bond donors (Lipinski definition) is 1. The van der Waals surface area contributed by atoms with Crippen LogP contribution in [-0.4, -0.2) is 34.9 Å². The molecule has 0 aliphatic carbocycles. The van der Waals surface area contributed by atoms with Gasteiger partial charge in [-0.15, -0.1) is 0 Å². The predicted molar refractivity (Wildman–Crippen MR) is 131 cm³/mol. The number of pyridine rings is 1. The summed E-state index contributed by atoms with van der Waals surface area (Å²) < 4.78 is 32.3. The third-order valence-corrected chi connectivity index (χ3v) is 6.72. The first-order valence-electron chi connectivity index (χ1n) is 10.8. The van der Waals surface area contributed by atoms with E-state index in [0.717, 1.165) is 5.56 Å². The van der Waals surface area contributed by atoms with Crippen molar-refractivity contribution in [3.8, 4) is 0 Å². The van der Waals surface area contributed by atoms with Gasteiger partial charge in [-0.05, 0) is 68.8 Å². The quantitative estimate of drug-likeness (QED) is 0.447. The van der Waals surface area contributed by atoms with Crippen LogP contribution in [-0.2, 0) is 21.1 Å². The Morgan fingerprint density at radius 1 is 1.03 bits per heavy atom. The molecule has 10 heteroatoms. The zero-order valence-corrected chi connectivity index (χ0v) is 20.2. The lowest BCUT2D eigenvalue weighted by Gasteiger charge is -2.19. The van der Waals surface area contributed by atoms with Crippen LogP contribution < -0.4 is 10.9 Å². The minimum absolute atomic E-state index is 0.0536. The number of ether oxygens (including phenoxy) is 1. The Balaban J connectivity index is 1.59. The monoisotopic (exact) mass is 492 g/mol. The number of anilines is 1. The Bertz CT molecular complexity index is 1560. The van der Waals surface area contributed by atoms with Gasteiger partial charge in [0.25, 0.3) is 5.56 Å². The van der Waals surface area contributed by atoms with Crippen molar-refractivity contribution in [1.29, 1.82) is 0 Å². The molecule has 0 atom stereocenters. The SMILES string of the molecule is CC(C)(C)OC(=O)Nc1cccc(Cn2ncc3cc(S(=O)(=O)c4cccnc4)ccc3c2=O)c1.